The minimum Gasteiger partial charge on any atom is -0.449 e. The molecule has 134 valence electrons. The topological polar surface area (TPSA) is 91.0 Å². The van der Waals surface area contributed by atoms with Crippen LogP contribution in [0.2, 0.25) is 0 Å². The van der Waals surface area contributed by atoms with Crippen LogP contribution in [0, 0.1) is 5.82 Å². The Balaban J connectivity index is 1.50. The summed E-state index contributed by atoms with van der Waals surface area (Å²) in [7, 11) is 0. The molecule has 8 heteroatoms. The van der Waals surface area contributed by atoms with E-state index in [0.717, 1.165) is 0 Å². The lowest BCUT2D eigenvalue weighted by Crippen LogP contribution is -2.09. The molecule has 0 saturated carbocycles. The lowest BCUT2D eigenvalue weighted by atomic mass is 10.2. The van der Waals surface area contributed by atoms with Crippen molar-refractivity contribution >= 4 is 17.0 Å². The molecule has 0 aliphatic carbocycles. The average Bonchev–Trinajstić information content (AvgIpc) is 3.18. The van der Waals surface area contributed by atoms with Crippen LogP contribution in [0.15, 0.2) is 59.3 Å². The van der Waals surface area contributed by atoms with Gasteiger partial charge in [-0.25, -0.2) is 9.18 Å². The first-order valence-electron chi connectivity index (χ1n) is 8.11. The highest BCUT2D eigenvalue weighted by Gasteiger charge is 2.20. The molecular weight excluding hydrogens is 351 g/mol. The molecule has 0 radical (unpaired) electrons. The van der Waals surface area contributed by atoms with Crippen LogP contribution >= 0.6 is 0 Å². The van der Waals surface area contributed by atoms with Crippen molar-refractivity contribution in [2.45, 2.75) is 13.0 Å². The number of esters is 1. The molecule has 2 aromatic heterocycles. The van der Waals surface area contributed by atoms with Gasteiger partial charge in [0.25, 0.3) is 5.89 Å². The maximum absolute atomic E-state index is 13.0. The maximum atomic E-state index is 13.0. The number of halogens is 1. The molecule has 1 atom stereocenters. The molecule has 0 spiro atoms. The SMILES string of the molecule is C[C@H](OC(=O)c1ccc2nccnc2c1)c1nnc(-c2ccc(F)cc2)o1. The minimum absolute atomic E-state index is 0.142. The van der Waals surface area contributed by atoms with Gasteiger partial charge in [-0.05, 0) is 49.4 Å². The van der Waals surface area contributed by atoms with Crippen LogP contribution in [0.1, 0.15) is 29.3 Å². The zero-order valence-corrected chi connectivity index (χ0v) is 14.2. The molecule has 4 aromatic rings. The third-order valence-electron chi connectivity index (χ3n) is 3.87. The summed E-state index contributed by atoms with van der Waals surface area (Å²) in [4.78, 5) is 20.7. The predicted molar refractivity (Wildman–Crippen MR) is 93.1 cm³/mol. The van der Waals surface area contributed by atoms with E-state index in [9.17, 15) is 9.18 Å². The van der Waals surface area contributed by atoms with Gasteiger partial charge in [0.15, 0.2) is 6.10 Å². The maximum Gasteiger partial charge on any atom is 0.338 e. The summed E-state index contributed by atoms with van der Waals surface area (Å²) in [6.45, 7) is 1.63. The van der Waals surface area contributed by atoms with Gasteiger partial charge in [0.05, 0.1) is 16.6 Å². The standard InChI is InChI=1S/C19H13FN4O3/c1-11(17-23-24-18(27-17)12-2-5-14(20)6-3-12)26-19(25)13-4-7-15-16(10-13)22-9-8-21-15/h2-11H,1H3/t11-/m0/s1. The summed E-state index contributed by atoms with van der Waals surface area (Å²) in [5.41, 5.74) is 2.19. The van der Waals surface area contributed by atoms with E-state index in [1.807, 2.05) is 0 Å². The average molecular weight is 364 g/mol. The fourth-order valence-electron chi connectivity index (χ4n) is 2.48. The molecular formula is C19H13FN4O3. The van der Waals surface area contributed by atoms with E-state index in [4.69, 9.17) is 9.15 Å². The highest BCUT2D eigenvalue weighted by molar-refractivity contribution is 5.93. The molecule has 0 aliphatic rings. The normalized spacial score (nSPS) is 12.1. The third-order valence-corrected chi connectivity index (χ3v) is 3.87. The lowest BCUT2D eigenvalue weighted by Gasteiger charge is -2.09. The minimum atomic E-state index is -0.753. The quantitative estimate of drug-likeness (QED) is 0.509. The summed E-state index contributed by atoms with van der Waals surface area (Å²) >= 11 is 0. The second-order valence-corrected chi connectivity index (χ2v) is 5.76. The summed E-state index contributed by atoms with van der Waals surface area (Å²) < 4.78 is 23.9. The Kier molecular flexibility index (Phi) is 4.29. The summed E-state index contributed by atoms with van der Waals surface area (Å²) in [6, 6.07) is 10.6. The number of hydrogen-bond donors (Lipinski definition) is 0. The Hall–Kier alpha value is -3.68. The molecule has 7 nitrogen and oxygen atoms in total. The van der Waals surface area contributed by atoms with E-state index in [2.05, 4.69) is 20.2 Å². The number of ether oxygens (including phenoxy) is 1. The number of aromatic nitrogens is 4. The molecule has 4 rings (SSSR count). The van der Waals surface area contributed by atoms with Gasteiger partial charge in [0.1, 0.15) is 5.82 Å². The molecule has 0 unspecified atom stereocenters. The van der Waals surface area contributed by atoms with Gasteiger partial charge >= 0.3 is 5.97 Å². The van der Waals surface area contributed by atoms with Crippen molar-refractivity contribution in [3.05, 3.63) is 72.1 Å². The molecule has 2 heterocycles. The fourth-order valence-corrected chi connectivity index (χ4v) is 2.48. The Bertz CT molecular complexity index is 1110. The first kappa shape index (κ1) is 16.8. The van der Waals surface area contributed by atoms with Crippen LogP contribution < -0.4 is 0 Å². The van der Waals surface area contributed by atoms with E-state index in [1.54, 1.807) is 37.5 Å². The Morgan fingerprint density at radius 2 is 1.78 bits per heavy atom. The van der Waals surface area contributed by atoms with Crippen LogP contribution in [0.4, 0.5) is 4.39 Å². The monoisotopic (exact) mass is 364 g/mol. The highest BCUT2D eigenvalue weighted by Crippen LogP contribution is 2.23. The summed E-state index contributed by atoms with van der Waals surface area (Å²) in [5, 5.41) is 7.81. The van der Waals surface area contributed by atoms with Gasteiger partial charge in [-0.15, -0.1) is 10.2 Å². The molecule has 2 aromatic carbocycles. The van der Waals surface area contributed by atoms with Crippen molar-refractivity contribution in [1.29, 1.82) is 0 Å². The number of hydrogen-bond acceptors (Lipinski definition) is 7. The summed E-state index contributed by atoms with van der Waals surface area (Å²) in [6.07, 6.45) is 2.38. The van der Waals surface area contributed by atoms with E-state index in [1.165, 1.54) is 24.3 Å². The van der Waals surface area contributed by atoms with Gasteiger partial charge in [-0.1, -0.05) is 0 Å². The van der Waals surface area contributed by atoms with Crippen LogP contribution in [0.5, 0.6) is 0 Å². The number of rotatable bonds is 4. The Morgan fingerprint density at radius 3 is 2.56 bits per heavy atom. The number of carbonyl (C=O) groups is 1. The zero-order chi connectivity index (χ0) is 18.8. The molecule has 0 N–H and O–H groups in total. The molecule has 0 bridgehead atoms. The molecule has 0 amide bonds. The second kappa shape index (κ2) is 6.91. The molecule has 27 heavy (non-hydrogen) atoms. The van der Waals surface area contributed by atoms with Crippen LogP contribution in [0.25, 0.3) is 22.5 Å². The molecule has 0 saturated heterocycles. The van der Waals surface area contributed by atoms with Crippen LogP contribution in [0.3, 0.4) is 0 Å². The lowest BCUT2D eigenvalue weighted by molar-refractivity contribution is 0.0280. The van der Waals surface area contributed by atoms with Gasteiger partial charge in [0, 0.05) is 18.0 Å². The van der Waals surface area contributed by atoms with Gasteiger partial charge in [0.2, 0.25) is 5.89 Å². The fraction of sp³-hybridized carbons (Fsp3) is 0.105. The third kappa shape index (κ3) is 3.50. The van der Waals surface area contributed by atoms with Crippen molar-refractivity contribution in [2.24, 2.45) is 0 Å². The van der Waals surface area contributed by atoms with Crippen molar-refractivity contribution in [2.75, 3.05) is 0 Å². The van der Waals surface area contributed by atoms with Crippen molar-refractivity contribution in [3.63, 3.8) is 0 Å². The van der Waals surface area contributed by atoms with E-state index in [0.29, 0.717) is 22.2 Å². The van der Waals surface area contributed by atoms with Crippen molar-refractivity contribution < 1.29 is 18.3 Å². The molecule has 0 fully saturated rings. The van der Waals surface area contributed by atoms with E-state index >= 15 is 0 Å². The number of fused-ring (bicyclic) bond motifs is 1. The number of carbonyl (C=O) groups excluding carboxylic acids is 1. The van der Waals surface area contributed by atoms with Crippen LogP contribution in [-0.2, 0) is 4.74 Å². The predicted octanol–water partition coefficient (Wildman–Crippen LogP) is 3.74. The number of nitrogens with zero attached hydrogens (tertiary/aromatic N) is 4. The van der Waals surface area contributed by atoms with Gasteiger partial charge in [-0.2, -0.15) is 0 Å². The van der Waals surface area contributed by atoms with Gasteiger partial charge in [-0.3, -0.25) is 9.97 Å². The first-order valence-corrected chi connectivity index (χ1v) is 8.11. The zero-order valence-electron chi connectivity index (χ0n) is 14.2. The van der Waals surface area contributed by atoms with Crippen molar-refractivity contribution in [3.8, 4) is 11.5 Å². The van der Waals surface area contributed by atoms with Crippen molar-refractivity contribution in [1.82, 2.24) is 20.2 Å². The second-order valence-electron chi connectivity index (χ2n) is 5.76. The Morgan fingerprint density at radius 1 is 1.04 bits per heavy atom. The highest BCUT2D eigenvalue weighted by atomic mass is 19.1. The van der Waals surface area contributed by atoms with E-state index in [-0.39, 0.29) is 17.6 Å². The van der Waals surface area contributed by atoms with Crippen LogP contribution in [-0.4, -0.2) is 26.1 Å². The van der Waals surface area contributed by atoms with E-state index < -0.39 is 12.1 Å². The molecule has 0 aliphatic heterocycles. The Labute approximate surface area is 152 Å². The smallest absolute Gasteiger partial charge is 0.338 e. The number of benzene rings is 2. The first-order chi connectivity index (χ1) is 13.1. The largest absolute Gasteiger partial charge is 0.449 e. The summed E-state index contributed by atoms with van der Waals surface area (Å²) in [5.74, 6) is -0.547. The van der Waals surface area contributed by atoms with Gasteiger partial charge < -0.3 is 9.15 Å².